The number of hydrogen-bond acceptors (Lipinski definition) is 5. The Hall–Kier alpha value is -1.88. The first-order valence-electron chi connectivity index (χ1n) is 6.50. The topological polar surface area (TPSA) is 60.2 Å². The molecule has 1 aromatic heterocycles. The van der Waals surface area contributed by atoms with Crippen molar-refractivity contribution in [3.63, 3.8) is 0 Å². The molecule has 1 aromatic carbocycles. The van der Waals surface area contributed by atoms with Gasteiger partial charge in [-0.2, -0.15) is 4.98 Å². The van der Waals surface area contributed by atoms with E-state index in [1.54, 1.807) is 6.92 Å². The van der Waals surface area contributed by atoms with Crippen LogP contribution in [-0.4, -0.2) is 16.7 Å². The quantitative estimate of drug-likeness (QED) is 0.911. The van der Waals surface area contributed by atoms with E-state index in [1.165, 1.54) is 11.1 Å². The molecule has 2 aromatic rings. The first-order valence-corrected chi connectivity index (χ1v) is 6.50. The summed E-state index contributed by atoms with van der Waals surface area (Å²) in [4.78, 5) is 4.17. The highest BCUT2D eigenvalue weighted by Gasteiger charge is 2.14. The van der Waals surface area contributed by atoms with E-state index in [9.17, 15) is 0 Å². The van der Waals surface area contributed by atoms with E-state index < -0.39 is 0 Å². The van der Waals surface area contributed by atoms with E-state index in [4.69, 9.17) is 9.26 Å². The van der Waals surface area contributed by atoms with Gasteiger partial charge in [-0.05, 0) is 24.1 Å². The van der Waals surface area contributed by atoms with E-state index in [1.807, 2.05) is 6.07 Å². The molecule has 0 fully saturated rings. The van der Waals surface area contributed by atoms with Crippen LogP contribution in [0.4, 0.5) is 0 Å². The monoisotopic (exact) mass is 259 g/mol. The lowest BCUT2D eigenvalue weighted by atomic mass is 10.0. The SMILES string of the molecule is Cc1nc(CNC(C)c2ccc3c(c2)CCO3)no1. The smallest absolute Gasteiger partial charge is 0.223 e. The Bertz CT molecular complexity index is 580. The summed E-state index contributed by atoms with van der Waals surface area (Å²) in [6.07, 6.45) is 1.000. The van der Waals surface area contributed by atoms with Gasteiger partial charge in [0.05, 0.1) is 13.2 Å². The first-order chi connectivity index (χ1) is 9.22. The molecular weight excluding hydrogens is 242 g/mol. The summed E-state index contributed by atoms with van der Waals surface area (Å²) in [5, 5.41) is 7.26. The van der Waals surface area contributed by atoms with Crippen LogP contribution in [0, 0.1) is 6.92 Å². The molecule has 0 aliphatic carbocycles. The van der Waals surface area contributed by atoms with Gasteiger partial charge in [0.25, 0.3) is 0 Å². The second-order valence-electron chi connectivity index (χ2n) is 4.80. The van der Waals surface area contributed by atoms with Crippen molar-refractivity contribution in [1.29, 1.82) is 0 Å². The molecule has 1 aliphatic heterocycles. The summed E-state index contributed by atoms with van der Waals surface area (Å²) >= 11 is 0. The van der Waals surface area contributed by atoms with Crippen LogP contribution < -0.4 is 10.1 Å². The van der Waals surface area contributed by atoms with Crippen LogP contribution in [-0.2, 0) is 13.0 Å². The van der Waals surface area contributed by atoms with Gasteiger partial charge < -0.3 is 14.6 Å². The van der Waals surface area contributed by atoms with Crippen molar-refractivity contribution in [2.24, 2.45) is 0 Å². The van der Waals surface area contributed by atoms with Gasteiger partial charge in [0.2, 0.25) is 5.89 Å². The summed E-state index contributed by atoms with van der Waals surface area (Å²) < 4.78 is 10.5. The lowest BCUT2D eigenvalue weighted by Gasteiger charge is -2.13. The fourth-order valence-corrected chi connectivity index (χ4v) is 2.25. The molecule has 5 nitrogen and oxygen atoms in total. The molecule has 0 saturated heterocycles. The molecule has 0 spiro atoms. The summed E-state index contributed by atoms with van der Waals surface area (Å²) in [5.41, 5.74) is 2.55. The Morgan fingerprint density at radius 1 is 1.42 bits per heavy atom. The van der Waals surface area contributed by atoms with Crippen LogP contribution in [0.5, 0.6) is 5.75 Å². The minimum atomic E-state index is 0.240. The van der Waals surface area contributed by atoms with Gasteiger partial charge in [-0.1, -0.05) is 17.3 Å². The lowest BCUT2D eigenvalue weighted by Crippen LogP contribution is -2.18. The molecule has 0 amide bonds. The fourth-order valence-electron chi connectivity index (χ4n) is 2.25. The molecule has 100 valence electrons. The number of nitrogens with one attached hydrogen (secondary N) is 1. The minimum Gasteiger partial charge on any atom is -0.493 e. The zero-order chi connectivity index (χ0) is 13.2. The summed E-state index contributed by atoms with van der Waals surface area (Å²) in [5.74, 6) is 2.30. The summed E-state index contributed by atoms with van der Waals surface area (Å²) in [6, 6.07) is 6.60. The molecule has 0 bridgehead atoms. The van der Waals surface area contributed by atoms with Gasteiger partial charge in [0.1, 0.15) is 5.75 Å². The molecule has 2 heterocycles. The van der Waals surface area contributed by atoms with E-state index in [-0.39, 0.29) is 6.04 Å². The number of hydrogen-bond donors (Lipinski definition) is 1. The van der Waals surface area contributed by atoms with Crippen LogP contribution in [0.25, 0.3) is 0 Å². The van der Waals surface area contributed by atoms with Crippen molar-refractivity contribution in [2.45, 2.75) is 32.9 Å². The Morgan fingerprint density at radius 3 is 3.11 bits per heavy atom. The van der Waals surface area contributed by atoms with Crippen LogP contribution >= 0.6 is 0 Å². The molecule has 0 saturated carbocycles. The number of aromatic nitrogens is 2. The van der Waals surface area contributed by atoms with Crippen molar-refractivity contribution in [1.82, 2.24) is 15.5 Å². The number of fused-ring (bicyclic) bond motifs is 1. The van der Waals surface area contributed by atoms with Gasteiger partial charge in [0.15, 0.2) is 5.82 Å². The van der Waals surface area contributed by atoms with E-state index in [0.29, 0.717) is 18.3 Å². The normalized spacial score (nSPS) is 15.1. The molecule has 1 unspecified atom stereocenters. The van der Waals surface area contributed by atoms with Crippen LogP contribution in [0.3, 0.4) is 0 Å². The third-order valence-electron chi connectivity index (χ3n) is 3.35. The van der Waals surface area contributed by atoms with E-state index in [0.717, 1.165) is 18.8 Å². The first kappa shape index (κ1) is 12.2. The van der Waals surface area contributed by atoms with Crippen molar-refractivity contribution in [3.8, 4) is 5.75 Å². The standard InChI is InChI=1S/C14H17N3O2/c1-9(15-8-14-16-10(2)19-17-14)11-3-4-13-12(7-11)5-6-18-13/h3-4,7,9,15H,5-6,8H2,1-2H3. The lowest BCUT2D eigenvalue weighted by molar-refractivity contribution is 0.356. The summed E-state index contributed by atoms with van der Waals surface area (Å²) in [7, 11) is 0. The van der Waals surface area contributed by atoms with E-state index in [2.05, 4.69) is 34.5 Å². The third kappa shape index (κ3) is 2.61. The van der Waals surface area contributed by atoms with Gasteiger partial charge in [-0.25, -0.2) is 0 Å². The summed E-state index contributed by atoms with van der Waals surface area (Å²) in [6.45, 7) is 5.32. The average Bonchev–Trinajstić information content (AvgIpc) is 3.03. The highest BCUT2D eigenvalue weighted by atomic mass is 16.5. The number of ether oxygens (including phenoxy) is 1. The maximum Gasteiger partial charge on any atom is 0.223 e. The number of aryl methyl sites for hydroxylation is 1. The Morgan fingerprint density at radius 2 is 2.32 bits per heavy atom. The molecule has 1 N–H and O–H groups in total. The molecular formula is C14H17N3O2. The van der Waals surface area contributed by atoms with Gasteiger partial charge in [0, 0.05) is 19.4 Å². The van der Waals surface area contributed by atoms with Crippen LogP contribution in [0.2, 0.25) is 0 Å². The van der Waals surface area contributed by atoms with Crippen LogP contribution in [0.1, 0.15) is 35.8 Å². The van der Waals surface area contributed by atoms with Crippen molar-refractivity contribution >= 4 is 0 Å². The third-order valence-corrected chi connectivity index (χ3v) is 3.35. The van der Waals surface area contributed by atoms with Gasteiger partial charge >= 0.3 is 0 Å². The van der Waals surface area contributed by atoms with Crippen molar-refractivity contribution in [3.05, 3.63) is 41.0 Å². The predicted octanol–water partition coefficient (Wildman–Crippen LogP) is 2.16. The average molecular weight is 259 g/mol. The zero-order valence-corrected chi connectivity index (χ0v) is 11.1. The van der Waals surface area contributed by atoms with Crippen LogP contribution in [0.15, 0.2) is 22.7 Å². The van der Waals surface area contributed by atoms with Crippen molar-refractivity contribution in [2.75, 3.05) is 6.61 Å². The Labute approximate surface area is 112 Å². The number of rotatable bonds is 4. The van der Waals surface area contributed by atoms with E-state index >= 15 is 0 Å². The molecule has 1 atom stereocenters. The molecule has 0 radical (unpaired) electrons. The van der Waals surface area contributed by atoms with Crippen molar-refractivity contribution < 1.29 is 9.26 Å². The second kappa shape index (κ2) is 5.01. The number of benzene rings is 1. The maximum absolute atomic E-state index is 5.51. The van der Waals surface area contributed by atoms with Gasteiger partial charge in [-0.3, -0.25) is 0 Å². The fraction of sp³-hybridized carbons (Fsp3) is 0.429. The van der Waals surface area contributed by atoms with Gasteiger partial charge in [-0.15, -0.1) is 0 Å². The Kier molecular flexibility index (Phi) is 3.21. The Balaban J connectivity index is 1.65. The second-order valence-corrected chi connectivity index (χ2v) is 4.80. The molecule has 3 rings (SSSR count). The predicted molar refractivity (Wildman–Crippen MR) is 69.9 cm³/mol. The largest absolute Gasteiger partial charge is 0.493 e. The number of nitrogens with zero attached hydrogens (tertiary/aromatic N) is 2. The highest BCUT2D eigenvalue weighted by Crippen LogP contribution is 2.28. The highest BCUT2D eigenvalue weighted by molar-refractivity contribution is 5.40. The molecule has 1 aliphatic rings. The zero-order valence-electron chi connectivity index (χ0n) is 11.1. The minimum absolute atomic E-state index is 0.240. The maximum atomic E-state index is 5.51. The molecule has 5 heteroatoms. The molecule has 19 heavy (non-hydrogen) atoms.